The van der Waals surface area contributed by atoms with Crippen LogP contribution in [0.1, 0.15) is 0 Å². The maximum absolute atomic E-state index is 12.3. The van der Waals surface area contributed by atoms with E-state index >= 15 is 0 Å². The zero-order valence-corrected chi connectivity index (χ0v) is 11.1. The van der Waals surface area contributed by atoms with E-state index in [2.05, 4.69) is 57.9 Å². The predicted molar refractivity (Wildman–Crippen MR) is 65.6 cm³/mol. The van der Waals surface area contributed by atoms with Crippen LogP contribution in [0.4, 0.5) is 0 Å². The van der Waals surface area contributed by atoms with Crippen LogP contribution in [0, 0.1) is 0 Å². The minimum absolute atomic E-state index is 0.246. The van der Waals surface area contributed by atoms with Crippen molar-refractivity contribution in [2.24, 2.45) is 0 Å². The first-order chi connectivity index (χ1) is 7.33. The average Bonchev–Trinajstić information content (AvgIpc) is 2.84. The Balaban J connectivity index is 1.95. The van der Waals surface area contributed by atoms with Gasteiger partial charge in [0.25, 0.3) is 0 Å². The van der Waals surface area contributed by atoms with Crippen LogP contribution in [0.25, 0.3) is 0 Å². The van der Waals surface area contributed by atoms with Crippen LogP contribution in [0.5, 0.6) is 0 Å². The minimum atomic E-state index is -2.58. The Morgan fingerprint density at radius 3 is 2.07 bits per heavy atom. The summed E-state index contributed by atoms with van der Waals surface area (Å²) in [6.07, 6.45) is 12.7. The van der Waals surface area contributed by atoms with Gasteiger partial charge < -0.3 is 0 Å². The molecule has 0 N–H and O–H groups in total. The molecule has 0 amide bonds. The first kappa shape index (κ1) is 9.94. The monoisotopic (exact) mass is 297 g/mol. The van der Waals surface area contributed by atoms with Gasteiger partial charge in [0.2, 0.25) is 0 Å². The standard InChI is InChI=1S/C10H8B3.O.Sn/c1-2-6-9(5-1)11-13-12-10-7-3-4-8-10;;/h1-8H;;. The molecule has 67 valence electrons. The second-order valence-corrected chi connectivity index (χ2v) is 10.1. The fraction of sp³-hybridized carbons (Fsp3) is 0.200. The van der Waals surface area contributed by atoms with E-state index in [1.54, 1.807) is 0 Å². The van der Waals surface area contributed by atoms with Crippen molar-refractivity contribution in [3.63, 3.8) is 0 Å². The van der Waals surface area contributed by atoms with E-state index in [4.69, 9.17) is 0 Å². The van der Waals surface area contributed by atoms with Gasteiger partial charge in [-0.1, -0.05) is 0 Å². The van der Waals surface area contributed by atoms with Crippen molar-refractivity contribution in [1.29, 1.82) is 0 Å². The summed E-state index contributed by atoms with van der Waals surface area (Å²) < 4.78 is 12.8. The van der Waals surface area contributed by atoms with Crippen molar-refractivity contribution >= 4 is 41.1 Å². The van der Waals surface area contributed by atoms with Gasteiger partial charge in [0.1, 0.15) is 0 Å². The summed E-state index contributed by atoms with van der Waals surface area (Å²) in [6, 6.07) is 0. The quantitative estimate of drug-likeness (QED) is 0.610. The molecule has 3 aliphatic rings. The third kappa shape index (κ3) is 1.88. The normalized spacial score (nSPS) is 31.3. The molecule has 15 heavy (non-hydrogen) atoms. The summed E-state index contributed by atoms with van der Waals surface area (Å²) in [5.41, 5.74) is 2.40. The molecule has 2 unspecified atom stereocenters. The second kappa shape index (κ2) is 3.96. The SMILES string of the molecule is [O]=[Sn]1[CH]2C=CC(=C2)[B][B][B]C2=C[CH]1C=C2. The van der Waals surface area contributed by atoms with Crippen LogP contribution in [-0.2, 0) is 3.08 Å². The van der Waals surface area contributed by atoms with E-state index < -0.39 is 19.7 Å². The Kier molecular flexibility index (Phi) is 2.63. The van der Waals surface area contributed by atoms with Crippen LogP contribution < -0.4 is 0 Å². The molecule has 3 rings (SSSR count). The molecule has 2 aliphatic carbocycles. The summed E-state index contributed by atoms with van der Waals surface area (Å²) in [5, 5.41) is 0. The fourth-order valence-corrected chi connectivity index (χ4v) is 7.07. The maximum atomic E-state index is 12.3. The zero-order valence-electron chi connectivity index (χ0n) is 8.26. The topological polar surface area (TPSA) is 17.1 Å². The van der Waals surface area contributed by atoms with Gasteiger partial charge in [-0.2, -0.15) is 0 Å². The van der Waals surface area contributed by atoms with Crippen LogP contribution >= 0.6 is 0 Å². The third-order valence-corrected chi connectivity index (χ3v) is 8.77. The van der Waals surface area contributed by atoms with Gasteiger partial charge in [0.15, 0.2) is 0 Å². The average molecular weight is 295 g/mol. The van der Waals surface area contributed by atoms with E-state index in [0.29, 0.717) is 0 Å². The van der Waals surface area contributed by atoms with Gasteiger partial charge in [0, 0.05) is 0 Å². The van der Waals surface area contributed by atoms with Crippen LogP contribution in [-0.4, -0.2) is 41.1 Å². The number of rotatable bonds is 0. The Hall–Kier alpha value is -0.246. The number of fused-ring (bicyclic) bond motifs is 2. The second-order valence-electron chi connectivity index (χ2n) is 4.03. The van der Waals surface area contributed by atoms with Crippen LogP contribution in [0.2, 0.25) is 7.87 Å². The molecule has 0 fully saturated rings. The Labute approximate surface area is 99.2 Å². The van der Waals surface area contributed by atoms with E-state index in [9.17, 15) is 3.08 Å². The molecule has 2 atom stereocenters. The van der Waals surface area contributed by atoms with E-state index in [0.717, 1.165) is 0 Å². The molecule has 0 aromatic heterocycles. The van der Waals surface area contributed by atoms with Crippen molar-refractivity contribution in [3.05, 3.63) is 47.4 Å². The van der Waals surface area contributed by atoms with Crippen molar-refractivity contribution < 1.29 is 3.08 Å². The van der Waals surface area contributed by atoms with Crippen LogP contribution in [0.3, 0.4) is 0 Å². The molecular weight excluding hydrogens is 287 g/mol. The molecule has 0 aromatic carbocycles. The van der Waals surface area contributed by atoms with Crippen molar-refractivity contribution in [2.75, 3.05) is 0 Å². The van der Waals surface area contributed by atoms with E-state index in [1.165, 1.54) is 10.9 Å². The number of hydrogen-bond acceptors (Lipinski definition) is 1. The van der Waals surface area contributed by atoms with Gasteiger partial charge in [0.05, 0.1) is 0 Å². The van der Waals surface area contributed by atoms with Gasteiger partial charge in [-0.25, -0.2) is 0 Å². The Bertz CT molecular complexity index is 398. The molecule has 1 heterocycles. The summed E-state index contributed by atoms with van der Waals surface area (Å²) in [4.78, 5) is 0. The molecular formula is C10H8B3OSn. The molecule has 0 aromatic rings. The summed E-state index contributed by atoms with van der Waals surface area (Å²) >= 11 is -2.58. The van der Waals surface area contributed by atoms with Gasteiger partial charge in [-0.05, 0) is 0 Å². The fourth-order valence-electron chi connectivity index (χ4n) is 2.14. The Morgan fingerprint density at radius 2 is 1.53 bits per heavy atom. The van der Waals surface area contributed by atoms with Crippen molar-refractivity contribution in [1.82, 2.24) is 0 Å². The first-order valence-corrected chi connectivity index (χ1v) is 9.64. The molecule has 0 saturated heterocycles. The summed E-state index contributed by atoms with van der Waals surface area (Å²) in [5.74, 6) is 0. The van der Waals surface area contributed by atoms with E-state index in [1.807, 2.05) is 0 Å². The Morgan fingerprint density at radius 1 is 1.00 bits per heavy atom. The zero-order chi connectivity index (χ0) is 10.3. The third-order valence-electron chi connectivity index (χ3n) is 2.97. The molecule has 3 radical (unpaired) electrons. The van der Waals surface area contributed by atoms with E-state index in [-0.39, 0.29) is 7.87 Å². The molecule has 0 saturated carbocycles. The molecule has 0 spiro atoms. The van der Waals surface area contributed by atoms with Crippen molar-refractivity contribution in [2.45, 2.75) is 7.87 Å². The first-order valence-electron chi connectivity index (χ1n) is 5.18. The van der Waals surface area contributed by atoms with Crippen LogP contribution in [0.15, 0.2) is 47.4 Å². The molecule has 4 bridgehead atoms. The number of allylic oxidation sites excluding steroid dienone is 8. The predicted octanol–water partition coefficient (Wildman–Crippen LogP) is 1.01. The van der Waals surface area contributed by atoms with Crippen molar-refractivity contribution in [3.8, 4) is 0 Å². The van der Waals surface area contributed by atoms with Gasteiger partial charge in [-0.3, -0.25) is 0 Å². The molecule has 1 aliphatic heterocycles. The number of hydrogen-bond donors (Lipinski definition) is 0. The van der Waals surface area contributed by atoms with Gasteiger partial charge >= 0.3 is 99.5 Å². The summed E-state index contributed by atoms with van der Waals surface area (Å²) in [6.45, 7) is 0. The van der Waals surface area contributed by atoms with Gasteiger partial charge in [-0.15, -0.1) is 0 Å². The molecule has 5 heteroatoms. The summed E-state index contributed by atoms with van der Waals surface area (Å²) in [7, 11) is 6.23. The molecule has 1 nitrogen and oxygen atoms in total.